The molecule has 3 aromatic rings. The van der Waals surface area contributed by atoms with E-state index >= 15 is 0 Å². The molecule has 5 nitrogen and oxygen atoms in total. The van der Waals surface area contributed by atoms with Crippen LogP contribution in [0.1, 0.15) is 10.4 Å². The van der Waals surface area contributed by atoms with Gasteiger partial charge < -0.3 is 4.74 Å². The second kappa shape index (κ2) is 6.89. The van der Waals surface area contributed by atoms with Gasteiger partial charge in [-0.2, -0.15) is 0 Å². The molecule has 0 unspecified atom stereocenters. The molecule has 128 valence electrons. The average molecular weight is 366 g/mol. The van der Waals surface area contributed by atoms with Gasteiger partial charge in [-0.15, -0.1) is 0 Å². The normalized spacial score (nSPS) is 10.7. The molecule has 0 radical (unpaired) electrons. The number of ether oxygens (including phenoxy) is 1. The van der Waals surface area contributed by atoms with Crippen molar-refractivity contribution in [3.63, 3.8) is 0 Å². The molecule has 0 fully saturated rings. The van der Waals surface area contributed by atoms with Crippen LogP contribution in [0.5, 0.6) is 0 Å². The summed E-state index contributed by atoms with van der Waals surface area (Å²) in [5.41, 5.74) is -0.108. The third-order valence-electron chi connectivity index (χ3n) is 3.11. The number of thiazole rings is 1. The number of carbonyl (C=O) groups is 2. The highest BCUT2D eigenvalue weighted by atomic mass is 32.1. The number of nitrogens with zero attached hydrogens (tertiary/aromatic N) is 1. The van der Waals surface area contributed by atoms with E-state index in [1.807, 2.05) is 0 Å². The zero-order valence-corrected chi connectivity index (χ0v) is 13.2. The zero-order valence-electron chi connectivity index (χ0n) is 12.4. The fourth-order valence-electron chi connectivity index (χ4n) is 1.97. The van der Waals surface area contributed by atoms with E-state index in [0.29, 0.717) is 0 Å². The number of hydrogen-bond donors (Lipinski definition) is 1. The lowest BCUT2D eigenvalue weighted by Gasteiger charge is -2.04. The molecule has 0 saturated carbocycles. The van der Waals surface area contributed by atoms with Gasteiger partial charge in [0.2, 0.25) is 0 Å². The third kappa shape index (κ3) is 3.61. The van der Waals surface area contributed by atoms with E-state index in [0.717, 1.165) is 17.4 Å². The van der Waals surface area contributed by atoms with Gasteiger partial charge >= 0.3 is 5.97 Å². The quantitative estimate of drug-likeness (QED) is 0.567. The predicted octanol–water partition coefficient (Wildman–Crippen LogP) is 3.51. The molecule has 1 N–H and O–H groups in total. The number of rotatable bonds is 4. The molecular weight excluding hydrogens is 357 g/mol. The number of nitrogens with one attached hydrogen (secondary N) is 1. The first-order chi connectivity index (χ1) is 12.0. The fourth-order valence-corrected chi connectivity index (χ4v) is 2.88. The Bertz CT molecular complexity index is 960. The SMILES string of the molecule is O=C(COC(=O)c1ccccc1)Nc1nc2c(F)c(F)c(F)cc2s1. The summed E-state index contributed by atoms with van der Waals surface area (Å²) in [7, 11) is 0. The highest BCUT2D eigenvalue weighted by Crippen LogP contribution is 2.30. The summed E-state index contributed by atoms with van der Waals surface area (Å²) in [6.07, 6.45) is 0. The monoisotopic (exact) mass is 366 g/mol. The molecule has 1 amide bonds. The molecule has 2 aromatic carbocycles. The Morgan fingerprint density at radius 2 is 1.84 bits per heavy atom. The molecule has 3 rings (SSSR count). The molecule has 0 bridgehead atoms. The van der Waals surface area contributed by atoms with Crippen molar-refractivity contribution in [2.75, 3.05) is 11.9 Å². The average Bonchev–Trinajstić information content (AvgIpc) is 3.00. The molecule has 1 heterocycles. The third-order valence-corrected chi connectivity index (χ3v) is 4.03. The molecule has 0 saturated heterocycles. The van der Waals surface area contributed by atoms with Crippen LogP contribution in [0.4, 0.5) is 18.3 Å². The Morgan fingerprint density at radius 1 is 1.12 bits per heavy atom. The van der Waals surface area contributed by atoms with E-state index in [2.05, 4.69) is 10.3 Å². The summed E-state index contributed by atoms with van der Waals surface area (Å²) in [5, 5.41) is 2.21. The Labute approximate surface area is 143 Å². The van der Waals surface area contributed by atoms with Crippen LogP contribution in [0.3, 0.4) is 0 Å². The second-order valence-corrected chi connectivity index (χ2v) is 5.87. The van der Waals surface area contributed by atoms with Gasteiger partial charge in [0.15, 0.2) is 29.2 Å². The van der Waals surface area contributed by atoms with Crippen molar-refractivity contribution >= 4 is 38.6 Å². The number of anilines is 1. The highest BCUT2D eigenvalue weighted by molar-refractivity contribution is 7.22. The first-order valence-electron chi connectivity index (χ1n) is 6.92. The number of amides is 1. The van der Waals surface area contributed by atoms with Crippen molar-refractivity contribution in [2.45, 2.75) is 0 Å². The van der Waals surface area contributed by atoms with Crippen molar-refractivity contribution in [3.05, 3.63) is 59.4 Å². The van der Waals surface area contributed by atoms with Gasteiger partial charge in [0.25, 0.3) is 5.91 Å². The molecule has 1 aromatic heterocycles. The summed E-state index contributed by atoms with van der Waals surface area (Å²) in [4.78, 5) is 27.2. The topological polar surface area (TPSA) is 68.3 Å². The first-order valence-corrected chi connectivity index (χ1v) is 7.73. The van der Waals surface area contributed by atoms with Crippen molar-refractivity contribution in [2.24, 2.45) is 0 Å². The van der Waals surface area contributed by atoms with Crippen LogP contribution in [0, 0.1) is 17.5 Å². The number of carbonyl (C=O) groups excluding carboxylic acids is 2. The maximum Gasteiger partial charge on any atom is 0.338 e. The lowest BCUT2D eigenvalue weighted by atomic mass is 10.2. The van der Waals surface area contributed by atoms with Gasteiger partial charge in [-0.25, -0.2) is 22.9 Å². The van der Waals surface area contributed by atoms with Gasteiger partial charge in [0, 0.05) is 0 Å². The van der Waals surface area contributed by atoms with E-state index in [-0.39, 0.29) is 20.9 Å². The van der Waals surface area contributed by atoms with Crippen LogP contribution in [0.2, 0.25) is 0 Å². The van der Waals surface area contributed by atoms with Gasteiger partial charge in [-0.05, 0) is 18.2 Å². The van der Waals surface area contributed by atoms with Crippen LogP contribution >= 0.6 is 11.3 Å². The van der Waals surface area contributed by atoms with Crippen LogP contribution in [-0.2, 0) is 9.53 Å². The number of fused-ring (bicyclic) bond motifs is 1. The van der Waals surface area contributed by atoms with Crippen molar-refractivity contribution in [1.29, 1.82) is 0 Å². The van der Waals surface area contributed by atoms with Crippen molar-refractivity contribution in [1.82, 2.24) is 4.98 Å². The van der Waals surface area contributed by atoms with Gasteiger partial charge in [-0.1, -0.05) is 29.5 Å². The van der Waals surface area contributed by atoms with Gasteiger partial charge in [-0.3, -0.25) is 10.1 Å². The molecule has 0 aliphatic carbocycles. The molecule has 0 aliphatic rings. The number of halogens is 3. The predicted molar refractivity (Wildman–Crippen MR) is 84.8 cm³/mol. The summed E-state index contributed by atoms with van der Waals surface area (Å²) >= 11 is 0.763. The highest BCUT2D eigenvalue weighted by Gasteiger charge is 2.18. The van der Waals surface area contributed by atoms with E-state index < -0.39 is 35.9 Å². The number of aromatic nitrogens is 1. The molecular formula is C16H9F3N2O3S. The fraction of sp³-hybridized carbons (Fsp3) is 0.0625. The first kappa shape index (κ1) is 16.9. The number of hydrogen-bond acceptors (Lipinski definition) is 5. The van der Waals surface area contributed by atoms with Crippen LogP contribution < -0.4 is 5.32 Å². The second-order valence-electron chi connectivity index (χ2n) is 4.84. The van der Waals surface area contributed by atoms with Gasteiger partial charge in [0.1, 0.15) is 5.52 Å². The van der Waals surface area contributed by atoms with Crippen LogP contribution in [0.25, 0.3) is 10.2 Å². The molecule has 9 heteroatoms. The minimum Gasteiger partial charge on any atom is -0.452 e. The lowest BCUT2D eigenvalue weighted by Crippen LogP contribution is -2.20. The minimum absolute atomic E-state index is 0.0352. The Hall–Kier alpha value is -2.94. The Kier molecular flexibility index (Phi) is 4.66. The smallest absolute Gasteiger partial charge is 0.338 e. The molecule has 25 heavy (non-hydrogen) atoms. The van der Waals surface area contributed by atoms with Gasteiger partial charge in [0.05, 0.1) is 10.3 Å². The largest absolute Gasteiger partial charge is 0.452 e. The zero-order chi connectivity index (χ0) is 18.0. The number of benzene rings is 2. The minimum atomic E-state index is -1.63. The molecule has 0 spiro atoms. The Morgan fingerprint density at radius 3 is 2.56 bits per heavy atom. The summed E-state index contributed by atoms with van der Waals surface area (Å²) in [6.45, 7) is -0.588. The standard InChI is InChI=1S/C16H9F3N2O3S/c17-9-6-10-14(13(19)12(9)18)21-16(25-10)20-11(22)7-24-15(23)8-4-2-1-3-5-8/h1-6H,7H2,(H,20,21,22). The molecule has 0 atom stereocenters. The molecule has 0 aliphatic heterocycles. The van der Waals surface area contributed by atoms with Crippen molar-refractivity contribution in [3.8, 4) is 0 Å². The maximum absolute atomic E-state index is 13.6. The Balaban J connectivity index is 1.66. The van der Waals surface area contributed by atoms with E-state index in [9.17, 15) is 22.8 Å². The van der Waals surface area contributed by atoms with E-state index in [1.54, 1.807) is 18.2 Å². The van der Waals surface area contributed by atoms with Crippen LogP contribution in [-0.4, -0.2) is 23.5 Å². The van der Waals surface area contributed by atoms with E-state index in [1.165, 1.54) is 12.1 Å². The number of esters is 1. The maximum atomic E-state index is 13.6. The summed E-state index contributed by atoms with van der Waals surface area (Å²) in [5.74, 6) is -5.81. The lowest BCUT2D eigenvalue weighted by molar-refractivity contribution is -0.119. The summed E-state index contributed by atoms with van der Waals surface area (Å²) in [6, 6.07) is 8.85. The van der Waals surface area contributed by atoms with Crippen molar-refractivity contribution < 1.29 is 27.5 Å². The van der Waals surface area contributed by atoms with Crippen LogP contribution in [0.15, 0.2) is 36.4 Å². The summed E-state index contributed by atoms with van der Waals surface area (Å²) < 4.78 is 44.8. The van der Waals surface area contributed by atoms with E-state index in [4.69, 9.17) is 4.74 Å².